The van der Waals surface area contributed by atoms with Gasteiger partial charge in [-0.3, -0.25) is 4.90 Å². The molecule has 1 aliphatic rings. The van der Waals surface area contributed by atoms with Gasteiger partial charge in [-0.2, -0.15) is 15.4 Å². The van der Waals surface area contributed by atoms with Crippen LogP contribution in [-0.2, 0) is 5.60 Å². The molecule has 0 saturated carbocycles. The Hall–Kier alpha value is -2.12. The zero-order valence-electron chi connectivity index (χ0n) is 13.2. The van der Waals surface area contributed by atoms with E-state index < -0.39 is 5.60 Å². The molecule has 0 radical (unpaired) electrons. The van der Waals surface area contributed by atoms with Gasteiger partial charge in [-0.15, -0.1) is 0 Å². The predicted molar refractivity (Wildman–Crippen MR) is 84.4 cm³/mol. The lowest BCUT2D eigenvalue weighted by atomic mass is 10.0. The molecule has 2 aromatic rings. The molecule has 2 N–H and O–H groups in total. The summed E-state index contributed by atoms with van der Waals surface area (Å²) in [6, 6.07) is 7.66. The van der Waals surface area contributed by atoms with Gasteiger partial charge >= 0.3 is 0 Å². The minimum atomic E-state index is -0.920. The van der Waals surface area contributed by atoms with Gasteiger partial charge in [0.15, 0.2) is 11.5 Å². The highest BCUT2D eigenvalue weighted by molar-refractivity contribution is 5.39. The van der Waals surface area contributed by atoms with E-state index in [2.05, 4.69) is 20.3 Å². The van der Waals surface area contributed by atoms with E-state index in [9.17, 15) is 5.11 Å². The molecule has 124 valence electrons. The van der Waals surface area contributed by atoms with Gasteiger partial charge in [-0.25, -0.2) is 0 Å². The molecule has 0 unspecified atom stereocenters. The first-order valence-electron chi connectivity index (χ1n) is 7.87. The zero-order chi connectivity index (χ0) is 16.1. The molecule has 1 saturated heterocycles. The smallest absolute Gasteiger partial charge is 0.161 e. The van der Waals surface area contributed by atoms with Gasteiger partial charge in [-0.05, 0) is 25.5 Å². The molecule has 1 aromatic heterocycles. The average Bonchev–Trinajstić information content (AvgIpc) is 3.20. The maximum atomic E-state index is 10.6. The number of hydrogen-bond donors (Lipinski definition) is 2. The molecule has 3 rings (SSSR count). The number of β-amino-alcohol motifs (C(OH)–C–C–N with tert-alkyl or cyclic N) is 1. The summed E-state index contributed by atoms with van der Waals surface area (Å²) in [7, 11) is 0. The number of H-pyrrole nitrogens is 1. The van der Waals surface area contributed by atoms with Gasteiger partial charge in [-0.1, -0.05) is 12.1 Å². The molecule has 7 nitrogen and oxygen atoms in total. The van der Waals surface area contributed by atoms with Crippen LogP contribution in [0.15, 0.2) is 30.5 Å². The first kappa shape index (κ1) is 15.8. The molecule has 1 aromatic carbocycles. The Morgan fingerprint density at radius 3 is 2.78 bits per heavy atom. The van der Waals surface area contributed by atoms with Gasteiger partial charge in [0.2, 0.25) is 0 Å². The minimum absolute atomic E-state index is 0.538. The Labute approximate surface area is 135 Å². The maximum Gasteiger partial charge on any atom is 0.161 e. The monoisotopic (exact) mass is 318 g/mol. The fourth-order valence-corrected chi connectivity index (χ4v) is 2.83. The molecule has 1 aliphatic heterocycles. The lowest BCUT2D eigenvalue weighted by molar-refractivity contribution is 0.0403. The van der Waals surface area contributed by atoms with Crippen molar-refractivity contribution in [1.29, 1.82) is 0 Å². The van der Waals surface area contributed by atoms with Crippen LogP contribution in [0.5, 0.6) is 11.5 Å². The van der Waals surface area contributed by atoms with Crippen molar-refractivity contribution in [2.24, 2.45) is 0 Å². The normalized spacial score (nSPS) is 21.5. The molecule has 1 fully saturated rings. The summed E-state index contributed by atoms with van der Waals surface area (Å²) >= 11 is 0. The number of aliphatic hydroxyl groups is 1. The topological polar surface area (TPSA) is 83.5 Å². The Morgan fingerprint density at radius 1 is 1.30 bits per heavy atom. The highest BCUT2D eigenvalue weighted by Crippen LogP contribution is 2.30. The van der Waals surface area contributed by atoms with E-state index in [1.807, 2.05) is 31.2 Å². The third kappa shape index (κ3) is 3.62. The molecule has 1 atom stereocenters. The number of aromatic nitrogens is 3. The highest BCUT2D eigenvalue weighted by Gasteiger charge is 2.39. The van der Waals surface area contributed by atoms with Crippen molar-refractivity contribution in [1.82, 2.24) is 20.3 Å². The number of rotatable bonds is 7. The Bertz CT molecular complexity index is 620. The second-order valence-corrected chi connectivity index (χ2v) is 5.64. The van der Waals surface area contributed by atoms with E-state index in [-0.39, 0.29) is 0 Å². The van der Waals surface area contributed by atoms with Gasteiger partial charge in [0, 0.05) is 19.6 Å². The number of benzene rings is 1. The molecule has 2 heterocycles. The second-order valence-electron chi connectivity index (χ2n) is 5.64. The fraction of sp³-hybridized carbons (Fsp3) is 0.500. The highest BCUT2D eigenvalue weighted by atomic mass is 16.5. The third-order valence-corrected chi connectivity index (χ3v) is 4.03. The first-order valence-corrected chi connectivity index (χ1v) is 7.87. The van der Waals surface area contributed by atoms with Crippen LogP contribution in [0, 0.1) is 0 Å². The number of nitrogens with one attached hydrogen (secondary N) is 1. The first-order chi connectivity index (χ1) is 11.2. The summed E-state index contributed by atoms with van der Waals surface area (Å²) in [6.45, 7) is 5.18. The predicted octanol–water partition coefficient (Wildman–Crippen LogP) is 1.18. The van der Waals surface area contributed by atoms with Crippen LogP contribution in [0.25, 0.3) is 0 Å². The Morgan fingerprint density at radius 2 is 2.09 bits per heavy atom. The van der Waals surface area contributed by atoms with E-state index in [0.717, 1.165) is 24.6 Å². The van der Waals surface area contributed by atoms with Gasteiger partial charge in [0.1, 0.15) is 17.9 Å². The number of aromatic amines is 1. The summed E-state index contributed by atoms with van der Waals surface area (Å²) < 4.78 is 11.4. The summed E-state index contributed by atoms with van der Waals surface area (Å²) in [4.78, 5) is 2.16. The van der Waals surface area contributed by atoms with E-state index in [1.165, 1.54) is 0 Å². The van der Waals surface area contributed by atoms with Crippen molar-refractivity contribution < 1.29 is 14.6 Å². The second kappa shape index (κ2) is 6.97. The van der Waals surface area contributed by atoms with Crippen LogP contribution in [-0.4, -0.2) is 58.3 Å². The number of para-hydroxylation sites is 2. The van der Waals surface area contributed by atoms with Gasteiger partial charge in [0.05, 0.1) is 12.8 Å². The lowest BCUT2D eigenvalue weighted by Gasteiger charge is -2.21. The fourth-order valence-electron chi connectivity index (χ4n) is 2.83. The largest absolute Gasteiger partial charge is 0.490 e. The summed E-state index contributed by atoms with van der Waals surface area (Å²) in [5.74, 6) is 1.51. The number of hydrogen-bond acceptors (Lipinski definition) is 6. The number of nitrogens with zero attached hydrogens (tertiary/aromatic N) is 3. The van der Waals surface area contributed by atoms with Crippen LogP contribution in [0.3, 0.4) is 0 Å². The minimum Gasteiger partial charge on any atom is -0.490 e. The maximum absolute atomic E-state index is 10.6. The van der Waals surface area contributed by atoms with Crippen molar-refractivity contribution in [2.45, 2.75) is 18.9 Å². The van der Waals surface area contributed by atoms with E-state index in [4.69, 9.17) is 9.47 Å². The number of likely N-dealkylation sites (tertiary alicyclic amines) is 1. The van der Waals surface area contributed by atoms with Crippen molar-refractivity contribution in [2.75, 3.05) is 32.8 Å². The number of ether oxygens (including phenoxy) is 2. The van der Waals surface area contributed by atoms with Crippen LogP contribution in [0.4, 0.5) is 0 Å². The van der Waals surface area contributed by atoms with Crippen molar-refractivity contribution in [3.63, 3.8) is 0 Å². The summed E-state index contributed by atoms with van der Waals surface area (Å²) in [5, 5.41) is 21.0. The van der Waals surface area contributed by atoms with Crippen molar-refractivity contribution in [3.05, 3.63) is 36.2 Å². The van der Waals surface area contributed by atoms with Crippen LogP contribution < -0.4 is 9.47 Å². The molecule has 0 amide bonds. The standard InChI is InChI=1S/C16H22N4O3/c1-2-22-13-5-3-4-6-14(13)23-10-9-20-8-7-16(21,12-20)15-11-17-19-18-15/h3-6,11,21H,2,7-10,12H2,1H3,(H,17,18,19)/t16-/m0/s1. The Kier molecular flexibility index (Phi) is 4.78. The average molecular weight is 318 g/mol. The summed E-state index contributed by atoms with van der Waals surface area (Å²) in [5.41, 5.74) is -0.321. The van der Waals surface area contributed by atoms with Crippen molar-refractivity contribution >= 4 is 0 Å². The van der Waals surface area contributed by atoms with Crippen LogP contribution in [0.1, 0.15) is 19.0 Å². The molecule has 7 heteroatoms. The Balaban J connectivity index is 1.51. The third-order valence-electron chi connectivity index (χ3n) is 4.03. The SMILES string of the molecule is CCOc1ccccc1OCCN1CC[C@@](O)(c2cn[nH]n2)C1. The lowest BCUT2D eigenvalue weighted by Crippen LogP contribution is -2.33. The molecule has 0 aliphatic carbocycles. The van der Waals surface area contributed by atoms with Crippen molar-refractivity contribution in [3.8, 4) is 11.5 Å². The van der Waals surface area contributed by atoms with Gasteiger partial charge in [0.25, 0.3) is 0 Å². The van der Waals surface area contributed by atoms with Crippen LogP contribution in [0.2, 0.25) is 0 Å². The molecule has 23 heavy (non-hydrogen) atoms. The zero-order valence-corrected chi connectivity index (χ0v) is 13.2. The molecular formula is C16H22N4O3. The van der Waals surface area contributed by atoms with E-state index in [1.54, 1.807) is 6.20 Å². The summed E-state index contributed by atoms with van der Waals surface area (Å²) in [6.07, 6.45) is 2.23. The molecular weight excluding hydrogens is 296 g/mol. The molecule has 0 spiro atoms. The van der Waals surface area contributed by atoms with E-state index >= 15 is 0 Å². The molecule has 0 bridgehead atoms. The van der Waals surface area contributed by atoms with Gasteiger partial charge < -0.3 is 14.6 Å². The van der Waals surface area contributed by atoms with E-state index in [0.29, 0.717) is 31.9 Å². The van der Waals surface area contributed by atoms with Crippen LogP contribution >= 0.6 is 0 Å². The quantitative estimate of drug-likeness (QED) is 0.797.